The van der Waals surface area contributed by atoms with Crippen molar-refractivity contribution in [3.05, 3.63) is 12.7 Å². The van der Waals surface area contributed by atoms with E-state index in [2.05, 4.69) is 19.5 Å². The van der Waals surface area contributed by atoms with Crippen molar-refractivity contribution in [1.29, 1.82) is 0 Å². The highest BCUT2D eigenvalue weighted by Crippen LogP contribution is 2.38. The lowest BCUT2D eigenvalue weighted by atomic mass is 10.1. The van der Waals surface area contributed by atoms with Gasteiger partial charge in [0.25, 0.3) is 0 Å². The van der Waals surface area contributed by atoms with E-state index in [4.69, 9.17) is 20.3 Å². The van der Waals surface area contributed by atoms with E-state index in [0.29, 0.717) is 5.52 Å². The third kappa shape index (κ3) is 3.05. The zero-order chi connectivity index (χ0) is 16.8. The third-order valence-electron chi connectivity index (χ3n) is 3.41. The van der Waals surface area contributed by atoms with E-state index in [1.54, 1.807) is 0 Å². The van der Waals surface area contributed by atoms with E-state index in [-0.39, 0.29) is 11.5 Å². The molecule has 6 N–H and O–H groups in total. The van der Waals surface area contributed by atoms with Crippen molar-refractivity contribution in [3.8, 4) is 0 Å². The topological polar surface area (TPSA) is 186 Å². The van der Waals surface area contributed by atoms with E-state index in [9.17, 15) is 14.8 Å². The van der Waals surface area contributed by atoms with Crippen molar-refractivity contribution in [2.75, 3.05) is 12.3 Å². The lowest BCUT2D eigenvalue weighted by Gasteiger charge is -2.16. The van der Waals surface area contributed by atoms with E-state index in [1.165, 1.54) is 17.2 Å². The molecule has 1 aliphatic rings. The lowest BCUT2D eigenvalue weighted by molar-refractivity contribution is -0.0504. The molecule has 23 heavy (non-hydrogen) atoms. The molecular weight excluding hydrogens is 333 g/mol. The number of aliphatic hydroxyl groups is 2. The van der Waals surface area contributed by atoms with Crippen LogP contribution in [0.5, 0.6) is 0 Å². The van der Waals surface area contributed by atoms with Crippen LogP contribution in [0.1, 0.15) is 6.23 Å². The van der Waals surface area contributed by atoms with Crippen molar-refractivity contribution in [2.45, 2.75) is 24.5 Å². The maximum absolute atomic E-state index is 10.7. The molecule has 0 amide bonds. The van der Waals surface area contributed by atoms with Crippen LogP contribution in [0, 0.1) is 0 Å². The summed E-state index contributed by atoms with van der Waals surface area (Å²) in [4.78, 5) is 29.2. The third-order valence-corrected chi connectivity index (χ3v) is 3.89. The molecule has 0 aliphatic carbocycles. The second-order valence-electron chi connectivity index (χ2n) is 4.92. The second kappa shape index (κ2) is 5.76. The minimum absolute atomic E-state index is 0.142. The molecule has 2 aromatic rings. The van der Waals surface area contributed by atoms with Crippen molar-refractivity contribution >= 4 is 24.8 Å². The van der Waals surface area contributed by atoms with Gasteiger partial charge in [0.15, 0.2) is 17.7 Å². The van der Waals surface area contributed by atoms with Gasteiger partial charge in [-0.3, -0.25) is 9.09 Å². The number of hydrogen-bond donors (Lipinski definition) is 5. The van der Waals surface area contributed by atoms with Crippen LogP contribution in [0.15, 0.2) is 12.7 Å². The van der Waals surface area contributed by atoms with Crippen LogP contribution in [0.4, 0.5) is 5.82 Å². The van der Waals surface area contributed by atoms with E-state index < -0.39 is 39.0 Å². The summed E-state index contributed by atoms with van der Waals surface area (Å²) in [5.41, 5.74) is 6.25. The number of aromatic nitrogens is 4. The van der Waals surface area contributed by atoms with Crippen LogP contribution in [0.25, 0.3) is 11.2 Å². The Kier molecular flexibility index (Phi) is 4.06. The molecule has 3 rings (SSSR count). The summed E-state index contributed by atoms with van der Waals surface area (Å²) in [5.74, 6) is 0.142. The first-order chi connectivity index (χ1) is 10.8. The number of imidazole rings is 1. The van der Waals surface area contributed by atoms with Crippen LogP contribution in [0.2, 0.25) is 0 Å². The zero-order valence-electron chi connectivity index (χ0n) is 11.5. The first kappa shape index (κ1) is 16.2. The summed E-state index contributed by atoms with van der Waals surface area (Å²) in [7, 11) is -4.72. The molecule has 4 atom stereocenters. The quantitative estimate of drug-likeness (QED) is 0.390. The van der Waals surface area contributed by atoms with Gasteiger partial charge in [-0.15, -0.1) is 0 Å². The maximum atomic E-state index is 10.7. The van der Waals surface area contributed by atoms with Crippen LogP contribution in [-0.4, -0.2) is 64.4 Å². The molecule has 0 bridgehead atoms. The van der Waals surface area contributed by atoms with Gasteiger partial charge in [0, 0.05) is 0 Å². The average molecular weight is 347 g/mol. The Morgan fingerprint density at radius 1 is 1.30 bits per heavy atom. The highest BCUT2D eigenvalue weighted by molar-refractivity contribution is 7.46. The normalized spacial score (nSPS) is 28.5. The number of phosphoric acid groups is 1. The first-order valence-corrected chi connectivity index (χ1v) is 7.95. The predicted molar refractivity (Wildman–Crippen MR) is 73.7 cm³/mol. The second-order valence-corrected chi connectivity index (χ2v) is 6.15. The van der Waals surface area contributed by atoms with Crippen LogP contribution >= 0.6 is 7.82 Å². The molecule has 126 valence electrons. The molecule has 0 aromatic carbocycles. The Balaban J connectivity index is 1.85. The number of phosphoric ester groups is 1. The highest BCUT2D eigenvalue weighted by atomic mass is 31.2. The van der Waals surface area contributed by atoms with Gasteiger partial charge >= 0.3 is 7.82 Å². The van der Waals surface area contributed by atoms with Gasteiger partial charge in [-0.1, -0.05) is 0 Å². The molecule has 1 saturated heterocycles. The fraction of sp³-hybridized carbons (Fsp3) is 0.500. The van der Waals surface area contributed by atoms with Gasteiger partial charge in [0.05, 0.1) is 12.9 Å². The zero-order valence-corrected chi connectivity index (χ0v) is 12.4. The summed E-state index contributed by atoms with van der Waals surface area (Å²) >= 11 is 0. The smallest absolute Gasteiger partial charge is 0.387 e. The van der Waals surface area contributed by atoms with Gasteiger partial charge in [0.2, 0.25) is 0 Å². The SMILES string of the molecule is Nc1ncnc2c1ncn2[C@@H]1O[C@H](COP(=O)(O)O)[C@@H](O)C1O. The number of fused-ring (bicyclic) bond motifs is 1. The largest absolute Gasteiger partial charge is 0.469 e. The predicted octanol–water partition coefficient (Wildman–Crippen LogP) is -1.86. The molecular formula is C10H14N5O7P. The summed E-state index contributed by atoms with van der Waals surface area (Å²) in [6, 6.07) is 0. The van der Waals surface area contributed by atoms with E-state index in [0.717, 1.165) is 0 Å². The number of ether oxygens (including phenoxy) is 1. The number of nitrogen functional groups attached to an aromatic ring is 1. The molecule has 1 fully saturated rings. The Labute approximate surface area is 128 Å². The summed E-state index contributed by atoms with van der Waals surface area (Å²) in [6.45, 7) is -0.594. The number of anilines is 1. The molecule has 1 unspecified atom stereocenters. The Hall–Kier alpha value is -1.66. The highest BCUT2D eigenvalue weighted by Gasteiger charge is 2.45. The van der Waals surface area contributed by atoms with Crippen LogP contribution in [0.3, 0.4) is 0 Å². The van der Waals surface area contributed by atoms with Crippen LogP contribution in [-0.2, 0) is 13.8 Å². The number of rotatable bonds is 4. The molecule has 0 saturated carbocycles. The molecule has 3 heterocycles. The minimum atomic E-state index is -4.72. The summed E-state index contributed by atoms with van der Waals surface area (Å²) < 4.78 is 21.8. The minimum Gasteiger partial charge on any atom is -0.387 e. The number of nitrogens with zero attached hydrogens (tertiary/aromatic N) is 4. The summed E-state index contributed by atoms with van der Waals surface area (Å²) in [5, 5.41) is 20.1. The van der Waals surface area contributed by atoms with E-state index >= 15 is 0 Å². The van der Waals surface area contributed by atoms with Crippen molar-refractivity contribution < 1.29 is 33.8 Å². The lowest BCUT2D eigenvalue weighted by Crippen LogP contribution is -2.33. The van der Waals surface area contributed by atoms with Crippen LogP contribution < -0.4 is 5.73 Å². The Bertz CT molecular complexity index is 763. The fourth-order valence-corrected chi connectivity index (χ4v) is 2.66. The Morgan fingerprint density at radius 2 is 2.04 bits per heavy atom. The van der Waals surface area contributed by atoms with Gasteiger partial charge in [-0.25, -0.2) is 19.5 Å². The van der Waals surface area contributed by atoms with Gasteiger partial charge in [-0.2, -0.15) is 0 Å². The first-order valence-electron chi connectivity index (χ1n) is 6.42. The number of hydrogen-bond acceptors (Lipinski definition) is 9. The molecule has 12 nitrogen and oxygen atoms in total. The van der Waals surface area contributed by atoms with Crippen molar-refractivity contribution in [2.24, 2.45) is 0 Å². The molecule has 0 radical (unpaired) electrons. The fourth-order valence-electron chi connectivity index (χ4n) is 2.32. The molecule has 0 spiro atoms. The molecule has 13 heteroatoms. The standard InChI is InChI=1S/C10H14N5O7P/c11-8-5-9(13-2-12-8)15(3-14-5)10-7(17)6(16)4(22-10)1-21-23(18,19)20/h2-4,6-7,10,16-17H,1H2,(H2,11,12,13)(H2,18,19,20)/t4-,6-,7?,10-/m1/s1. The van der Waals surface area contributed by atoms with Gasteiger partial charge in [0.1, 0.15) is 30.2 Å². The monoisotopic (exact) mass is 347 g/mol. The van der Waals surface area contributed by atoms with Gasteiger partial charge in [-0.05, 0) is 0 Å². The van der Waals surface area contributed by atoms with E-state index in [1.807, 2.05) is 0 Å². The number of aliphatic hydroxyl groups excluding tert-OH is 2. The van der Waals surface area contributed by atoms with Crippen molar-refractivity contribution in [3.63, 3.8) is 0 Å². The number of nitrogens with two attached hydrogens (primary N) is 1. The Morgan fingerprint density at radius 3 is 2.74 bits per heavy atom. The molecule has 2 aromatic heterocycles. The average Bonchev–Trinajstić information content (AvgIpc) is 3.01. The van der Waals surface area contributed by atoms with Crippen molar-refractivity contribution in [1.82, 2.24) is 19.5 Å². The maximum Gasteiger partial charge on any atom is 0.469 e. The van der Waals surface area contributed by atoms with Gasteiger partial charge < -0.3 is 30.5 Å². The summed E-state index contributed by atoms with van der Waals surface area (Å²) in [6.07, 6.45) is -2.49. The molecule has 1 aliphatic heterocycles.